The molecule has 0 atom stereocenters. The molecule has 4 rings (SSSR count). The molecule has 1 aromatic carbocycles. The number of benzene rings is 1. The summed E-state index contributed by atoms with van der Waals surface area (Å²) in [6.45, 7) is 20.0. The fourth-order valence-corrected chi connectivity index (χ4v) is 5.14. The first-order valence-corrected chi connectivity index (χ1v) is 13.3. The maximum atomic E-state index is 5.55. The van der Waals surface area contributed by atoms with Gasteiger partial charge in [-0.15, -0.1) is 0 Å². The molecule has 0 saturated carbocycles. The van der Waals surface area contributed by atoms with Crippen LogP contribution >= 0.6 is 12.2 Å². The third-order valence-corrected chi connectivity index (χ3v) is 7.50. The van der Waals surface area contributed by atoms with Crippen LogP contribution in [0.3, 0.4) is 0 Å². The van der Waals surface area contributed by atoms with Gasteiger partial charge < -0.3 is 30.2 Å². The molecule has 2 fully saturated rings. The number of fused-ring (bicyclic) bond motifs is 1. The highest BCUT2D eigenvalue weighted by atomic mass is 32.1. The Balaban J connectivity index is 1.26. The van der Waals surface area contributed by atoms with Crippen LogP contribution in [0.15, 0.2) is 24.3 Å². The standard InChI is InChI=1S/C26H41N7S/c1-4-30-11-13-32(14-12-30)10-6-9-27-26(34)28-22-7-8-24-23(20-22)21(3)19-25(29-24)33-17-15-31(5-2)16-18-33/h7-8,19-20H,4-6,9-18H2,1-3H3,(H2,27,28,34). The van der Waals surface area contributed by atoms with Crippen molar-refractivity contribution in [1.29, 1.82) is 0 Å². The Kier molecular flexibility index (Phi) is 8.94. The van der Waals surface area contributed by atoms with Gasteiger partial charge in [0.1, 0.15) is 5.82 Å². The van der Waals surface area contributed by atoms with Gasteiger partial charge in [0.2, 0.25) is 0 Å². The lowest BCUT2D eigenvalue weighted by molar-refractivity contribution is 0.136. The topological polar surface area (TPSA) is 49.9 Å². The molecule has 0 radical (unpaired) electrons. The maximum Gasteiger partial charge on any atom is 0.170 e. The van der Waals surface area contributed by atoms with Crippen molar-refractivity contribution in [3.63, 3.8) is 0 Å². The monoisotopic (exact) mass is 483 g/mol. The number of hydrogen-bond donors (Lipinski definition) is 2. The van der Waals surface area contributed by atoms with E-state index in [2.05, 4.69) is 75.3 Å². The summed E-state index contributed by atoms with van der Waals surface area (Å²) in [6, 6.07) is 8.58. The molecular weight excluding hydrogens is 442 g/mol. The number of likely N-dealkylation sites (N-methyl/N-ethyl adjacent to an activating group) is 2. The minimum Gasteiger partial charge on any atom is -0.362 e. The molecule has 0 bridgehead atoms. The SMILES string of the molecule is CCN1CCN(CCCNC(=S)Nc2ccc3nc(N4CCN(CC)CC4)cc(C)c3c2)CC1. The van der Waals surface area contributed by atoms with Gasteiger partial charge in [0, 0.05) is 70.0 Å². The molecule has 0 unspecified atom stereocenters. The van der Waals surface area contributed by atoms with E-state index in [1.807, 2.05) is 0 Å². The highest BCUT2D eigenvalue weighted by Crippen LogP contribution is 2.26. The Morgan fingerprint density at radius 1 is 0.912 bits per heavy atom. The van der Waals surface area contributed by atoms with Crippen LogP contribution in [0, 0.1) is 6.92 Å². The van der Waals surface area contributed by atoms with Crippen molar-refractivity contribution in [2.24, 2.45) is 0 Å². The molecular formula is C26H41N7S. The fourth-order valence-electron chi connectivity index (χ4n) is 4.92. The van der Waals surface area contributed by atoms with Crippen LogP contribution < -0.4 is 15.5 Å². The summed E-state index contributed by atoms with van der Waals surface area (Å²) in [5, 5.41) is 8.59. The van der Waals surface area contributed by atoms with E-state index in [9.17, 15) is 0 Å². The highest BCUT2D eigenvalue weighted by Gasteiger charge is 2.18. The molecule has 2 saturated heterocycles. The Bertz CT molecular complexity index is 950. The second-order valence-corrected chi connectivity index (χ2v) is 9.87. The van der Waals surface area contributed by atoms with Crippen LogP contribution in [-0.4, -0.2) is 103 Å². The number of rotatable bonds is 8. The number of hydrogen-bond acceptors (Lipinski definition) is 6. The van der Waals surface area contributed by atoms with Gasteiger partial charge in [0.15, 0.2) is 5.11 Å². The molecule has 0 aliphatic carbocycles. The quantitative estimate of drug-likeness (QED) is 0.439. The zero-order valence-electron chi connectivity index (χ0n) is 21.1. The van der Waals surface area contributed by atoms with E-state index in [-0.39, 0.29) is 0 Å². The molecule has 8 heteroatoms. The number of piperazine rings is 2. The number of aryl methyl sites for hydroxylation is 1. The van der Waals surface area contributed by atoms with E-state index in [1.165, 1.54) is 37.1 Å². The number of nitrogens with zero attached hydrogens (tertiary/aromatic N) is 5. The molecule has 34 heavy (non-hydrogen) atoms. The van der Waals surface area contributed by atoms with Gasteiger partial charge in [-0.25, -0.2) is 4.98 Å². The van der Waals surface area contributed by atoms with Crippen LogP contribution in [0.25, 0.3) is 10.9 Å². The Hall–Kier alpha value is -2.00. The molecule has 3 heterocycles. The van der Waals surface area contributed by atoms with Crippen molar-refractivity contribution in [3.8, 4) is 0 Å². The van der Waals surface area contributed by atoms with Crippen LogP contribution in [0.2, 0.25) is 0 Å². The van der Waals surface area contributed by atoms with Gasteiger partial charge >= 0.3 is 0 Å². The zero-order valence-corrected chi connectivity index (χ0v) is 22.0. The molecule has 2 aliphatic rings. The van der Waals surface area contributed by atoms with Crippen molar-refractivity contribution in [2.75, 3.05) is 88.8 Å². The van der Waals surface area contributed by atoms with Crippen molar-refractivity contribution >= 4 is 39.7 Å². The van der Waals surface area contributed by atoms with E-state index in [1.54, 1.807) is 0 Å². The van der Waals surface area contributed by atoms with Gasteiger partial charge in [0.05, 0.1) is 5.52 Å². The van der Waals surface area contributed by atoms with Gasteiger partial charge in [-0.1, -0.05) is 13.8 Å². The molecule has 1 aromatic heterocycles. The summed E-state index contributed by atoms with van der Waals surface area (Å²) >= 11 is 5.55. The largest absolute Gasteiger partial charge is 0.362 e. The number of nitrogens with one attached hydrogen (secondary N) is 2. The van der Waals surface area contributed by atoms with E-state index in [0.29, 0.717) is 5.11 Å². The average Bonchev–Trinajstić information content (AvgIpc) is 2.87. The Labute approximate surface area is 210 Å². The third kappa shape index (κ3) is 6.56. The van der Waals surface area contributed by atoms with Crippen molar-refractivity contribution in [3.05, 3.63) is 29.8 Å². The first-order valence-electron chi connectivity index (χ1n) is 12.9. The Morgan fingerprint density at radius 3 is 2.24 bits per heavy atom. The number of pyridine rings is 1. The minimum absolute atomic E-state index is 0.686. The smallest absolute Gasteiger partial charge is 0.170 e. The zero-order chi connectivity index (χ0) is 23.9. The predicted octanol–water partition coefficient (Wildman–Crippen LogP) is 3.00. The van der Waals surface area contributed by atoms with Crippen molar-refractivity contribution in [2.45, 2.75) is 27.2 Å². The van der Waals surface area contributed by atoms with Gasteiger partial charge in [0.25, 0.3) is 0 Å². The third-order valence-electron chi connectivity index (χ3n) is 7.25. The van der Waals surface area contributed by atoms with E-state index >= 15 is 0 Å². The summed E-state index contributed by atoms with van der Waals surface area (Å²) in [5.41, 5.74) is 3.30. The fraction of sp³-hybridized carbons (Fsp3) is 0.615. The normalized spacial score (nSPS) is 18.4. The van der Waals surface area contributed by atoms with Gasteiger partial charge in [-0.3, -0.25) is 0 Å². The summed E-state index contributed by atoms with van der Waals surface area (Å²) in [4.78, 5) is 14.9. The first kappa shape index (κ1) is 25.1. The van der Waals surface area contributed by atoms with Crippen LogP contribution in [0.5, 0.6) is 0 Å². The van der Waals surface area contributed by atoms with Gasteiger partial charge in [-0.05, 0) is 75.0 Å². The van der Waals surface area contributed by atoms with Crippen LogP contribution in [0.1, 0.15) is 25.8 Å². The molecule has 0 amide bonds. The highest BCUT2D eigenvalue weighted by molar-refractivity contribution is 7.80. The predicted molar refractivity (Wildman–Crippen MR) is 148 cm³/mol. The van der Waals surface area contributed by atoms with Gasteiger partial charge in [-0.2, -0.15) is 0 Å². The first-order chi connectivity index (χ1) is 16.6. The molecule has 2 aromatic rings. The Morgan fingerprint density at radius 2 is 1.56 bits per heavy atom. The minimum atomic E-state index is 0.686. The maximum absolute atomic E-state index is 5.55. The molecule has 2 aliphatic heterocycles. The second-order valence-electron chi connectivity index (χ2n) is 9.46. The number of aromatic nitrogens is 1. The summed E-state index contributed by atoms with van der Waals surface area (Å²) < 4.78 is 0. The molecule has 7 nitrogen and oxygen atoms in total. The lowest BCUT2D eigenvalue weighted by Crippen LogP contribution is -2.46. The van der Waals surface area contributed by atoms with E-state index in [4.69, 9.17) is 17.2 Å². The number of thiocarbonyl (C=S) groups is 1. The number of anilines is 2. The van der Waals surface area contributed by atoms with Crippen LogP contribution in [0.4, 0.5) is 11.5 Å². The molecule has 186 valence electrons. The van der Waals surface area contributed by atoms with Crippen molar-refractivity contribution < 1.29 is 0 Å². The summed E-state index contributed by atoms with van der Waals surface area (Å²) in [7, 11) is 0. The van der Waals surface area contributed by atoms with Crippen LogP contribution in [-0.2, 0) is 0 Å². The lowest BCUT2D eigenvalue weighted by Gasteiger charge is -2.35. The second kappa shape index (κ2) is 12.1. The summed E-state index contributed by atoms with van der Waals surface area (Å²) in [6.07, 6.45) is 1.10. The average molecular weight is 484 g/mol. The summed E-state index contributed by atoms with van der Waals surface area (Å²) in [5.74, 6) is 1.09. The lowest BCUT2D eigenvalue weighted by atomic mass is 10.1. The molecule has 0 spiro atoms. The van der Waals surface area contributed by atoms with Crippen molar-refractivity contribution in [1.82, 2.24) is 25.0 Å². The van der Waals surface area contributed by atoms with E-state index in [0.717, 1.165) is 75.8 Å². The van der Waals surface area contributed by atoms with E-state index < -0.39 is 0 Å². The molecule has 2 N–H and O–H groups in total.